The molecule has 2 rings (SSSR count). The van der Waals surface area contributed by atoms with Crippen LogP contribution in [0.4, 0.5) is 11.6 Å². The van der Waals surface area contributed by atoms with E-state index in [1.54, 1.807) is 6.07 Å². The van der Waals surface area contributed by atoms with E-state index >= 15 is 0 Å². The summed E-state index contributed by atoms with van der Waals surface area (Å²) in [4.78, 5) is 8.74. The summed E-state index contributed by atoms with van der Waals surface area (Å²) in [5, 5.41) is 3.32. The summed E-state index contributed by atoms with van der Waals surface area (Å²) >= 11 is 0. The van der Waals surface area contributed by atoms with Crippen molar-refractivity contribution in [2.45, 2.75) is 45.1 Å². The van der Waals surface area contributed by atoms with Crippen LogP contribution in [0.2, 0.25) is 0 Å². The Morgan fingerprint density at radius 3 is 2.87 bits per heavy atom. The van der Waals surface area contributed by atoms with Crippen molar-refractivity contribution >= 4 is 11.6 Å². The van der Waals surface area contributed by atoms with Gasteiger partial charge in [0.05, 0.1) is 0 Å². The minimum atomic E-state index is 0.423. The molecule has 1 saturated carbocycles. The summed E-state index contributed by atoms with van der Waals surface area (Å²) in [5.74, 6) is 2.88. The molecule has 0 saturated heterocycles. The van der Waals surface area contributed by atoms with Crippen LogP contribution in [0.3, 0.4) is 0 Å². The third-order valence-electron chi connectivity index (χ3n) is 2.71. The van der Waals surface area contributed by atoms with Gasteiger partial charge in [-0.25, -0.2) is 9.97 Å². The molecule has 15 heavy (non-hydrogen) atoms. The summed E-state index contributed by atoms with van der Waals surface area (Å²) in [7, 11) is 0. The standard InChI is InChI=1S/C11H18N4/c1-3-7(2)13-10-6-9(12)14-11(15-10)8-4-5-8/h6-8H,3-5H2,1-2H3,(H3,12,13,14,15)/t7-/m1/s1. The molecule has 1 heterocycles. The summed E-state index contributed by atoms with van der Waals surface area (Å²) in [5.41, 5.74) is 5.75. The van der Waals surface area contributed by atoms with Gasteiger partial charge in [-0.15, -0.1) is 0 Å². The van der Waals surface area contributed by atoms with Crippen molar-refractivity contribution in [1.29, 1.82) is 0 Å². The summed E-state index contributed by atoms with van der Waals surface area (Å²) in [6.07, 6.45) is 3.47. The Kier molecular flexibility index (Phi) is 2.75. The predicted molar refractivity (Wildman–Crippen MR) is 61.8 cm³/mol. The fourth-order valence-corrected chi connectivity index (χ4v) is 1.44. The molecule has 1 fully saturated rings. The van der Waals surface area contributed by atoms with E-state index in [2.05, 4.69) is 29.1 Å². The van der Waals surface area contributed by atoms with E-state index in [4.69, 9.17) is 5.73 Å². The van der Waals surface area contributed by atoms with Crippen LogP contribution >= 0.6 is 0 Å². The van der Waals surface area contributed by atoms with Gasteiger partial charge >= 0.3 is 0 Å². The van der Waals surface area contributed by atoms with Crippen LogP contribution in [0, 0.1) is 0 Å². The van der Waals surface area contributed by atoms with E-state index in [9.17, 15) is 0 Å². The first-order chi connectivity index (χ1) is 7.19. The monoisotopic (exact) mass is 206 g/mol. The topological polar surface area (TPSA) is 63.8 Å². The number of rotatable bonds is 4. The van der Waals surface area contributed by atoms with Crippen LogP contribution in [0.5, 0.6) is 0 Å². The molecule has 1 aromatic heterocycles. The maximum atomic E-state index is 5.75. The molecule has 0 spiro atoms. The Morgan fingerprint density at radius 1 is 1.53 bits per heavy atom. The highest BCUT2D eigenvalue weighted by atomic mass is 15.1. The van der Waals surface area contributed by atoms with Gasteiger partial charge in [0.1, 0.15) is 17.5 Å². The molecule has 0 bridgehead atoms. The Bertz CT molecular complexity index is 346. The first kappa shape index (κ1) is 10.2. The predicted octanol–water partition coefficient (Wildman–Crippen LogP) is 2.15. The zero-order valence-electron chi connectivity index (χ0n) is 9.33. The quantitative estimate of drug-likeness (QED) is 0.792. The SMILES string of the molecule is CC[C@@H](C)Nc1cc(N)nc(C2CC2)n1. The second-order valence-electron chi connectivity index (χ2n) is 4.26. The molecule has 0 amide bonds. The lowest BCUT2D eigenvalue weighted by atomic mass is 10.2. The second kappa shape index (κ2) is 4.04. The third kappa shape index (κ3) is 2.58. The lowest BCUT2D eigenvalue weighted by Gasteiger charge is -2.13. The number of hydrogen-bond donors (Lipinski definition) is 2. The molecule has 1 aromatic rings. The van der Waals surface area contributed by atoms with Gasteiger partial charge in [0.2, 0.25) is 0 Å². The van der Waals surface area contributed by atoms with Crippen LogP contribution < -0.4 is 11.1 Å². The highest BCUT2D eigenvalue weighted by molar-refractivity contribution is 5.45. The molecule has 0 aliphatic heterocycles. The molecular weight excluding hydrogens is 188 g/mol. The van der Waals surface area contributed by atoms with Gasteiger partial charge in [0.25, 0.3) is 0 Å². The maximum absolute atomic E-state index is 5.75. The number of nitrogens with one attached hydrogen (secondary N) is 1. The number of aromatic nitrogens is 2. The largest absolute Gasteiger partial charge is 0.384 e. The molecule has 1 aliphatic carbocycles. The number of nitrogens with two attached hydrogens (primary N) is 1. The number of anilines is 2. The van der Waals surface area contributed by atoms with Crippen molar-refractivity contribution in [2.24, 2.45) is 0 Å². The van der Waals surface area contributed by atoms with E-state index < -0.39 is 0 Å². The summed E-state index contributed by atoms with van der Waals surface area (Å²) < 4.78 is 0. The molecule has 1 atom stereocenters. The highest BCUT2D eigenvalue weighted by Gasteiger charge is 2.27. The van der Waals surface area contributed by atoms with E-state index in [1.807, 2.05) is 0 Å². The van der Waals surface area contributed by atoms with Gasteiger partial charge in [-0.2, -0.15) is 0 Å². The van der Waals surface area contributed by atoms with Gasteiger partial charge in [0, 0.05) is 18.0 Å². The van der Waals surface area contributed by atoms with Crippen molar-refractivity contribution in [2.75, 3.05) is 11.1 Å². The van der Waals surface area contributed by atoms with E-state index in [0.29, 0.717) is 17.8 Å². The van der Waals surface area contributed by atoms with Crippen LogP contribution in [0.25, 0.3) is 0 Å². The second-order valence-corrected chi connectivity index (χ2v) is 4.26. The van der Waals surface area contributed by atoms with Crippen LogP contribution in [0.15, 0.2) is 6.07 Å². The van der Waals surface area contributed by atoms with E-state index in [1.165, 1.54) is 12.8 Å². The Balaban J connectivity index is 2.15. The van der Waals surface area contributed by atoms with Crippen molar-refractivity contribution in [3.63, 3.8) is 0 Å². The zero-order valence-corrected chi connectivity index (χ0v) is 9.33. The van der Waals surface area contributed by atoms with E-state index in [0.717, 1.165) is 18.1 Å². The molecule has 0 unspecified atom stereocenters. The Labute approximate surface area is 90.3 Å². The minimum Gasteiger partial charge on any atom is -0.384 e. The molecule has 3 N–H and O–H groups in total. The van der Waals surface area contributed by atoms with Crippen molar-refractivity contribution in [1.82, 2.24) is 9.97 Å². The molecule has 82 valence electrons. The van der Waals surface area contributed by atoms with Crippen LogP contribution in [-0.2, 0) is 0 Å². The highest BCUT2D eigenvalue weighted by Crippen LogP contribution is 2.38. The molecule has 4 heteroatoms. The number of hydrogen-bond acceptors (Lipinski definition) is 4. The molecular formula is C11H18N4. The summed E-state index contributed by atoms with van der Waals surface area (Å²) in [6, 6.07) is 2.23. The maximum Gasteiger partial charge on any atom is 0.136 e. The Hall–Kier alpha value is -1.32. The summed E-state index contributed by atoms with van der Waals surface area (Å²) in [6.45, 7) is 4.28. The van der Waals surface area contributed by atoms with Gasteiger partial charge in [-0.05, 0) is 26.2 Å². The van der Waals surface area contributed by atoms with Crippen molar-refractivity contribution in [3.05, 3.63) is 11.9 Å². The fraction of sp³-hybridized carbons (Fsp3) is 0.636. The smallest absolute Gasteiger partial charge is 0.136 e. The zero-order chi connectivity index (χ0) is 10.8. The molecule has 0 radical (unpaired) electrons. The van der Waals surface area contributed by atoms with Gasteiger partial charge < -0.3 is 11.1 Å². The van der Waals surface area contributed by atoms with E-state index in [-0.39, 0.29) is 0 Å². The Morgan fingerprint density at radius 2 is 2.27 bits per heavy atom. The lowest BCUT2D eigenvalue weighted by Crippen LogP contribution is -2.15. The first-order valence-corrected chi connectivity index (χ1v) is 5.60. The molecule has 0 aromatic carbocycles. The van der Waals surface area contributed by atoms with Crippen LogP contribution in [0.1, 0.15) is 44.9 Å². The van der Waals surface area contributed by atoms with Gasteiger partial charge in [-0.3, -0.25) is 0 Å². The average Bonchev–Trinajstić information content (AvgIpc) is 2.99. The first-order valence-electron chi connectivity index (χ1n) is 5.60. The van der Waals surface area contributed by atoms with Gasteiger partial charge in [-0.1, -0.05) is 6.92 Å². The van der Waals surface area contributed by atoms with Crippen molar-refractivity contribution in [3.8, 4) is 0 Å². The van der Waals surface area contributed by atoms with Gasteiger partial charge in [0.15, 0.2) is 0 Å². The van der Waals surface area contributed by atoms with Crippen LogP contribution in [-0.4, -0.2) is 16.0 Å². The molecule has 1 aliphatic rings. The average molecular weight is 206 g/mol. The number of nitrogens with zero attached hydrogens (tertiary/aromatic N) is 2. The third-order valence-corrected chi connectivity index (χ3v) is 2.71. The minimum absolute atomic E-state index is 0.423. The normalized spacial score (nSPS) is 17.5. The fourth-order valence-electron chi connectivity index (χ4n) is 1.44. The molecule has 4 nitrogen and oxygen atoms in total. The lowest BCUT2D eigenvalue weighted by molar-refractivity contribution is 0.755. The van der Waals surface area contributed by atoms with Crippen molar-refractivity contribution < 1.29 is 0 Å². The number of nitrogen functional groups attached to an aromatic ring is 1.